The number of aromatic hydroxyl groups is 1. The molecule has 0 amide bonds. The van der Waals surface area contributed by atoms with Gasteiger partial charge in [-0.3, -0.25) is 5.10 Å². The highest BCUT2D eigenvalue weighted by Gasteiger charge is 2.13. The Kier molecular flexibility index (Phi) is 2.75. The van der Waals surface area contributed by atoms with E-state index in [1.165, 1.54) is 0 Å². The first-order chi connectivity index (χ1) is 7.63. The first-order valence-corrected chi connectivity index (χ1v) is 5.32. The standard InChI is InChI=1S/C11H12ClN3O/c1-2-6-3-7(10(16)9(12)4-6)8-5-14-15-11(8)13/h3-5,16H,2H2,1H3,(H3,13,14,15). The summed E-state index contributed by atoms with van der Waals surface area (Å²) in [7, 11) is 0. The minimum atomic E-state index is 0.0342. The molecule has 0 spiro atoms. The zero-order valence-corrected chi connectivity index (χ0v) is 9.54. The van der Waals surface area contributed by atoms with Crippen LogP contribution in [0.1, 0.15) is 12.5 Å². The van der Waals surface area contributed by atoms with E-state index in [0.29, 0.717) is 22.0 Å². The van der Waals surface area contributed by atoms with Crippen molar-refractivity contribution < 1.29 is 5.11 Å². The van der Waals surface area contributed by atoms with E-state index in [1.54, 1.807) is 12.3 Å². The van der Waals surface area contributed by atoms with Gasteiger partial charge in [0.1, 0.15) is 11.6 Å². The summed E-state index contributed by atoms with van der Waals surface area (Å²) in [6.45, 7) is 2.02. The van der Waals surface area contributed by atoms with Crippen LogP contribution in [0.4, 0.5) is 5.82 Å². The van der Waals surface area contributed by atoms with Gasteiger partial charge in [0.15, 0.2) is 0 Å². The van der Waals surface area contributed by atoms with Crippen LogP contribution in [0.25, 0.3) is 11.1 Å². The van der Waals surface area contributed by atoms with E-state index in [1.807, 2.05) is 13.0 Å². The lowest BCUT2D eigenvalue weighted by Crippen LogP contribution is -1.90. The molecule has 0 bridgehead atoms. The lowest BCUT2D eigenvalue weighted by Gasteiger charge is -2.08. The summed E-state index contributed by atoms with van der Waals surface area (Å²) in [6.07, 6.45) is 2.41. The van der Waals surface area contributed by atoms with Crippen LogP contribution >= 0.6 is 11.6 Å². The highest BCUT2D eigenvalue weighted by atomic mass is 35.5. The van der Waals surface area contributed by atoms with E-state index < -0.39 is 0 Å². The molecule has 0 fully saturated rings. The number of nitrogen functional groups attached to an aromatic ring is 1. The summed E-state index contributed by atoms with van der Waals surface area (Å²) in [5.74, 6) is 0.451. The topological polar surface area (TPSA) is 74.9 Å². The lowest BCUT2D eigenvalue weighted by molar-refractivity contribution is 0.477. The zero-order valence-electron chi connectivity index (χ0n) is 8.79. The predicted octanol–water partition coefficient (Wildman–Crippen LogP) is 2.58. The minimum Gasteiger partial charge on any atom is -0.506 e. The van der Waals surface area contributed by atoms with Gasteiger partial charge in [0, 0.05) is 11.1 Å². The third-order valence-corrected chi connectivity index (χ3v) is 2.78. The Balaban J connectivity index is 2.64. The van der Waals surface area contributed by atoms with E-state index in [0.717, 1.165) is 12.0 Å². The van der Waals surface area contributed by atoms with Crippen molar-refractivity contribution in [1.82, 2.24) is 10.2 Å². The van der Waals surface area contributed by atoms with Gasteiger partial charge in [-0.1, -0.05) is 18.5 Å². The maximum absolute atomic E-state index is 9.88. The van der Waals surface area contributed by atoms with E-state index in [2.05, 4.69) is 10.2 Å². The average Bonchev–Trinajstić information content (AvgIpc) is 2.68. The van der Waals surface area contributed by atoms with Crippen molar-refractivity contribution in [2.24, 2.45) is 0 Å². The molecule has 1 aromatic heterocycles. The van der Waals surface area contributed by atoms with Crippen LogP contribution in [0.5, 0.6) is 5.75 Å². The second-order valence-electron chi connectivity index (χ2n) is 3.52. The van der Waals surface area contributed by atoms with Crippen LogP contribution in [0.2, 0.25) is 5.02 Å². The monoisotopic (exact) mass is 237 g/mol. The first kappa shape index (κ1) is 10.8. The number of benzene rings is 1. The van der Waals surface area contributed by atoms with E-state index in [-0.39, 0.29) is 5.75 Å². The SMILES string of the molecule is CCc1cc(Cl)c(O)c(-c2cn[nH]c2N)c1. The Morgan fingerprint density at radius 3 is 2.75 bits per heavy atom. The summed E-state index contributed by atoms with van der Waals surface area (Å²) in [5, 5.41) is 16.7. The number of nitrogens with two attached hydrogens (primary N) is 1. The number of aromatic amines is 1. The summed E-state index contributed by atoms with van der Waals surface area (Å²) < 4.78 is 0. The molecule has 5 heteroatoms. The smallest absolute Gasteiger partial charge is 0.142 e. The fourth-order valence-electron chi connectivity index (χ4n) is 1.58. The van der Waals surface area contributed by atoms with Gasteiger partial charge in [-0.15, -0.1) is 0 Å². The van der Waals surface area contributed by atoms with E-state index >= 15 is 0 Å². The maximum Gasteiger partial charge on any atom is 0.142 e. The normalized spacial score (nSPS) is 10.6. The Labute approximate surface area is 98.1 Å². The van der Waals surface area contributed by atoms with Crippen molar-refractivity contribution in [3.63, 3.8) is 0 Å². The van der Waals surface area contributed by atoms with Gasteiger partial charge < -0.3 is 10.8 Å². The molecule has 0 saturated carbocycles. The molecule has 0 atom stereocenters. The molecule has 84 valence electrons. The van der Waals surface area contributed by atoms with Crippen molar-refractivity contribution in [2.75, 3.05) is 5.73 Å². The summed E-state index contributed by atoms with van der Waals surface area (Å²) >= 11 is 5.95. The number of halogens is 1. The molecule has 0 aliphatic heterocycles. The molecule has 0 aliphatic carbocycles. The Morgan fingerprint density at radius 2 is 2.19 bits per heavy atom. The van der Waals surface area contributed by atoms with Gasteiger partial charge in [0.2, 0.25) is 0 Å². The van der Waals surface area contributed by atoms with Crippen LogP contribution in [0.15, 0.2) is 18.3 Å². The Bertz CT molecular complexity index is 522. The fourth-order valence-corrected chi connectivity index (χ4v) is 1.82. The predicted molar refractivity (Wildman–Crippen MR) is 64.5 cm³/mol. The van der Waals surface area contributed by atoms with E-state index in [9.17, 15) is 5.11 Å². The molecule has 1 heterocycles. The number of nitrogens with zero attached hydrogens (tertiary/aromatic N) is 1. The number of aromatic nitrogens is 2. The molecule has 4 N–H and O–H groups in total. The van der Waals surface area contributed by atoms with Gasteiger partial charge in [-0.25, -0.2) is 0 Å². The number of aryl methyl sites for hydroxylation is 1. The van der Waals surface area contributed by atoms with Crippen molar-refractivity contribution in [3.05, 3.63) is 28.9 Å². The van der Waals surface area contributed by atoms with Crippen molar-refractivity contribution in [1.29, 1.82) is 0 Å². The maximum atomic E-state index is 9.88. The third-order valence-electron chi connectivity index (χ3n) is 2.49. The van der Waals surface area contributed by atoms with Crippen molar-refractivity contribution >= 4 is 17.4 Å². The lowest BCUT2D eigenvalue weighted by atomic mass is 10.0. The summed E-state index contributed by atoms with van der Waals surface area (Å²) in [6, 6.07) is 3.61. The second-order valence-corrected chi connectivity index (χ2v) is 3.93. The first-order valence-electron chi connectivity index (χ1n) is 4.94. The largest absolute Gasteiger partial charge is 0.506 e. The van der Waals surface area contributed by atoms with Gasteiger partial charge in [0.05, 0.1) is 11.2 Å². The molecule has 2 rings (SSSR count). The highest BCUT2D eigenvalue weighted by molar-refractivity contribution is 6.32. The van der Waals surface area contributed by atoms with Gasteiger partial charge >= 0.3 is 0 Å². The molecule has 0 aliphatic rings. The second kappa shape index (κ2) is 4.06. The number of nitrogens with one attached hydrogen (secondary N) is 1. The van der Waals surface area contributed by atoms with Crippen LogP contribution in [-0.4, -0.2) is 15.3 Å². The average molecular weight is 238 g/mol. The molecule has 4 nitrogen and oxygen atoms in total. The van der Waals surface area contributed by atoms with Crippen LogP contribution in [-0.2, 0) is 6.42 Å². The number of rotatable bonds is 2. The van der Waals surface area contributed by atoms with Crippen LogP contribution < -0.4 is 5.73 Å². The van der Waals surface area contributed by atoms with Crippen molar-refractivity contribution in [3.8, 4) is 16.9 Å². The van der Waals surface area contributed by atoms with Crippen LogP contribution in [0, 0.1) is 0 Å². The number of phenolic OH excluding ortho intramolecular Hbond substituents is 1. The fraction of sp³-hybridized carbons (Fsp3) is 0.182. The Hall–Kier alpha value is -1.68. The van der Waals surface area contributed by atoms with Gasteiger partial charge in [-0.05, 0) is 24.1 Å². The molecule has 0 unspecified atom stereocenters. The van der Waals surface area contributed by atoms with Crippen molar-refractivity contribution in [2.45, 2.75) is 13.3 Å². The molecule has 2 aromatic rings. The highest BCUT2D eigenvalue weighted by Crippen LogP contribution is 2.38. The number of anilines is 1. The zero-order chi connectivity index (χ0) is 11.7. The Morgan fingerprint density at radius 1 is 1.44 bits per heavy atom. The van der Waals surface area contributed by atoms with E-state index in [4.69, 9.17) is 17.3 Å². The summed E-state index contributed by atoms with van der Waals surface area (Å²) in [5.41, 5.74) is 8.02. The molecular formula is C11H12ClN3O. The number of hydrogen-bond acceptors (Lipinski definition) is 3. The third kappa shape index (κ3) is 1.72. The number of H-pyrrole nitrogens is 1. The molecule has 16 heavy (non-hydrogen) atoms. The van der Waals surface area contributed by atoms with Gasteiger partial charge in [0.25, 0.3) is 0 Å². The van der Waals surface area contributed by atoms with Gasteiger partial charge in [-0.2, -0.15) is 5.10 Å². The minimum absolute atomic E-state index is 0.0342. The quantitative estimate of drug-likeness (QED) is 0.752. The number of phenols is 1. The number of hydrogen-bond donors (Lipinski definition) is 3. The molecule has 1 aromatic carbocycles. The van der Waals surface area contributed by atoms with Crippen LogP contribution in [0.3, 0.4) is 0 Å². The molecular weight excluding hydrogens is 226 g/mol. The molecule has 0 saturated heterocycles. The summed E-state index contributed by atoms with van der Waals surface area (Å²) in [4.78, 5) is 0. The molecule has 0 radical (unpaired) electrons.